The molecule has 72 valence electrons. The molecular weight excluding hydrogens is 197 g/mol. The van der Waals surface area contributed by atoms with Gasteiger partial charge in [-0.2, -0.15) is 26.3 Å². The van der Waals surface area contributed by atoms with Gasteiger partial charge in [0.25, 0.3) is 12.0 Å². The van der Waals surface area contributed by atoms with Crippen molar-refractivity contribution in [3.05, 3.63) is 0 Å². The fourth-order valence-corrected chi connectivity index (χ4v) is 0.292. The molecule has 0 radical (unpaired) electrons. The molecule has 0 aromatic rings. The number of alkyl halides is 7. The largest absolute Gasteiger partial charge is 0.453 e. The number of hydrogen-bond donors (Lipinski definition) is 0. The predicted molar refractivity (Wildman–Crippen MR) is 22.0 cm³/mol. The van der Waals surface area contributed by atoms with E-state index in [1.807, 2.05) is 0 Å². The van der Waals surface area contributed by atoms with E-state index in [1.165, 1.54) is 0 Å². The smallest absolute Gasteiger partial charge is 0.286 e. The van der Waals surface area contributed by atoms with Crippen LogP contribution in [0.25, 0.3) is 0 Å². The zero-order valence-corrected chi connectivity index (χ0v) is 5.13. The molecule has 8 heteroatoms. The third-order valence-electron chi connectivity index (χ3n) is 0.797. The van der Waals surface area contributed by atoms with Gasteiger partial charge in [0.1, 0.15) is 0 Å². The van der Waals surface area contributed by atoms with Crippen molar-refractivity contribution in [2.24, 2.45) is 0 Å². The highest BCUT2D eigenvalue weighted by Crippen LogP contribution is 2.29. The maximum Gasteiger partial charge on any atom is 0.453 e. The minimum Gasteiger partial charge on any atom is -0.286 e. The molecule has 0 saturated carbocycles. The van der Waals surface area contributed by atoms with E-state index in [0.29, 0.717) is 0 Å². The van der Waals surface area contributed by atoms with Gasteiger partial charge in [-0.3, -0.25) is 4.79 Å². The summed E-state index contributed by atoms with van der Waals surface area (Å²) in [6.07, 6.45) is -16.1. The molecule has 0 saturated heterocycles. The number of carbonyl (C=O) groups is 1. The van der Waals surface area contributed by atoms with Crippen molar-refractivity contribution in [2.45, 2.75) is 18.5 Å². The Labute approximate surface area is 61.2 Å². The van der Waals surface area contributed by atoms with E-state index in [4.69, 9.17) is 0 Å². The molecule has 0 aliphatic carbocycles. The van der Waals surface area contributed by atoms with Gasteiger partial charge in [0.15, 0.2) is 0 Å². The summed E-state index contributed by atoms with van der Waals surface area (Å²) in [5.74, 6) is -3.44. The standard InChI is InChI=1S/C4HF7O/c5-1(3(6,7)8)2(12)4(9,10)11/h1H. The van der Waals surface area contributed by atoms with Crippen molar-refractivity contribution < 1.29 is 35.5 Å². The highest BCUT2D eigenvalue weighted by Gasteiger charge is 2.55. The molecule has 12 heavy (non-hydrogen) atoms. The number of hydrogen-bond acceptors (Lipinski definition) is 1. The van der Waals surface area contributed by atoms with E-state index in [1.54, 1.807) is 0 Å². The Bertz CT molecular complexity index is 177. The number of rotatable bonds is 1. The minimum absolute atomic E-state index is 3.44. The Hall–Kier alpha value is -0.820. The van der Waals surface area contributed by atoms with Gasteiger partial charge in [-0.05, 0) is 0 Å². The molecule has 0 heterocycles. The number of ketones is 1. The van der Waals surface area contributed by atoms with Crippen molar-refractivity contribution in [2.75, 3.05) is 0 Å². The Morgan fingerprint density at radius 3 is 1.42 bits per heavy atom. The Kier molecular flexibility index (Phi) is 2.71. The van der Waals surface area contributed by atoms with E-state index in [9.17, 15) is 35.5 Å². The van der Waals surface area contributed by atoms with E-state index in [0.717, 1.165) is 0 Å². The molecule has 1 atom stereocenters. The van der Waals surface area contributed by atoms with Crippen LogP contribution < -0.4 is 0 Å². The topological polar surface area (TPSA) is 17.1 Å². The van der Waals surface area contributed by atoms with Gasteiger partial charge in [-0.1, -0.05) is 0 Å². The van der Waals surface area contributed by atoms with E-state index in [-0.39, 0.29) is 0 Å². The second-order valence-corrected chi connectivity index (χ2v) is 1.77. The zero-order chi connectivity index (χ0) is 10.2. The quantitative estimate of drug-likeness (QED) is 0.589. The highest BCUT2D eigenvalue weighted by atomic mass is 19.4. The van der Waals surface area contributed by atoms with Crippen LogP contribution in [0.1, 0.15) is 0 Å². The Morgan fingerprint density at radius 2 is 1.33 bits per heavy atom. The molecule has 1 nitrogen and oxygen atoms in total. The minimum atomic E-state index is -5.80. The van der Waals surface area contributed by atoms with Crippen molar-refractivity contribution in [3.8, 4) is 0 Å². The van der Waals surface area contributed by atoms with Crippen LogP contribution in [-0.2, 0) is 4.79 Å². The second kappa shape index (κ2) is 2.91. The van der Waals surface area contributed by atoms with Gasteiger partial charge < -0.3 is 0 Å². The average molecular weight is 198 g/mol. The second-order valence-electron chi connectivity index (χ2n) is 1.77. The molecule has 1 unspecified atom stereocenters. The van der Waals surface area contributed by atoms with Crippen LogP contribution in [0, 0.1) is 0 Å². The van der Waals surface area contributed by atoms with Crippen LogP contribution in [0.3, 0.4) is 0 Å². The molecular formula is C4HF7O. The van der Waals surface area contributed by atoms with Crippen LogP contribution in [0.4, 0.5) is 30.7 Å². The molecule has 0 N–H and O–H groups in total. The summed E-state index contributed by atoms with van der Waals surface area (Å²) < 4.78 is 78.4. The average Bonchev–Trinajstić information content (AvgIpc) is 1.80. The van der Waals surface area contributed by atoms with Crippen LogP contribution >= 0.6 is 0 Å². The lowest BCUT2D eigenvalue weighted by atomic mass is 10.2. The number of Topliss-reactive ketones (excluding diaryl/α,β-unsaturated/α-hetero) is 1. The fraction of sp³-hybridized carbons (Fsp3) is 0.750. The SMILES string of the molecule is O=C(C(F)C(F)(F)F)C(F)(F)F. The van der Waals surface area contributed by atoms with Crippen molar-refractivity contribution >= 4 is 5.78 Å². The van der Waals surface area contributed by atoms with Crippen molar-refractivity contribution in [1.82, 2.24) is 0 Å². The van der Waals surface area contributed by atoms with Gasteiger partial charge in [-0.25, -0.2) is 4.39 Å². The van der Waals surface area contributed by atoms with Crippen molar-refractivity contribution in [3.63, 3.8) is 0 Å². The molecule has 0 aromatic carbocycles. The summed E-state index contributed by atoms with van der Waals surface area (Å²) in [5, 5.41) is 0. The normalized spacial score (nSPS) is 15.9. The third-order valence-corrected chi connectivity index (χ3v) is 0.797. The first-order chi connectivity index (χ1) is 5.07. The van der Waals surface area contributed by atoms with E-state index in [2.05, 4.69) is 0 Å². The molecule has 0 spiro atoms. The first kappa shape index (κ1) is 11.2. The maximum atomic E-state index is 11.6. The number of halogens is 7. The molecule has 0 amide bonds. The molecule has 0 bridgehead atoms. The summed E-state index contributed by atoms with van der Waals surface area (Å²) in [6.45, 7) is 0. The van der Waals surface area contributed by atoms with Gasteiger partial charge in [0.2, 0.25) is 0 Å². The van der Waals surface area contributed by atoms with Gasteiger partial charge in [-0.15, -0.1) is 0 Å². The monoisotopic (exact) mass is 198 g/mol. The molecule has 0 aliphatic heterocycles. The lowest BCUT2D eigenvalue weighted by Crippen LogP contribution is -2.41. The van der Waals surface area contributed by atoms with Gasteiger partial charge in [0, 0.05) is 0 Å². The summed E-state index contributed by atoms with van der Waals surface area (Å²) in [6, 6.07) is 0. The number of carbonyl (C=O) groups excluding carboxylic acids is 1. The maximum absolute atomic E-state index is 11.6. The Balaban J connectivity index is 4.53. The third kappa shape index (κ3) is 2.67. The fourth-order valence-electron chi connectivity index (χ4n) is 0.292. The highest BCUT2D eigenvalue weighted by molar-refractivity contribution is 5.88. The van der Waals surface area contributed by atoms with Gasteiger partial charge >= 0.3 is 12.4 Å². The zero-order valence-electron chi connectivity index (χ0n) is 5.13. The first-order valence-corrected chi connectivity index (χ1v) is 2.38. The lowest BCUT2D eigenvalue weighted by molar-refractivity contribution is -0.213. The van der Waals surface area contributed by atoms with E-state index >= 15 is 0 Å². The summed E-state index contributed by atoms with van der Waals surface area (Å²) in [5.41, 5.74) is 0. The van der Waals surface area contributed by atoms with Gasteiger partial charge in [0.05, 0.1) is 0 Å². The summed E-state index contributed by atoms with van der Waals surface area (Å²) in [7, 11) is 0. The molecule has 0 rings (SSSR count). The molecule has 0 aliphatic rings. The summed E-state index contributed by atoms with van der Waals surface area (Å²) in [4.78, 5) is 9.59. The first-order valence-electron chi connectivity index (χ1n) is 2.38. The molecule has 0 aromatic heterocycles. The van der Waals surface area contributed by atoms with Crippen molar-refractivity contribution in [1.29, 1.82) is 0 Å². The van der Waals surface area contributed by atoms with Crippen LogP contribution in [0.5, 0.6) is 0 Å². The van der Waals surface area contributed by atoms with Crippen LogP contribution in [0.15, 0.2) is 0 Å². The molecule has 0 fully saturated rings. The van der Waals surface area contributed by atoms with E-state index < -0.39 is 24.3 Å². The summed E-state index contributed by atoms with van der Waals surface area (Å²) >= 11 is 0. The van der Waals surface area contributed by atoms with Crippen LogP contribution in [-0.4, -0.2) is 24.3 Å². The van der Waals surface area contributed by atoms with Crippen LogP contribution in [0.2, 0.25) is 0 Å². The predicted octanol–water partition coefficient (Wildman–Crippen LogP) is 2.02. The lowest BCUT2D eigenvalue weighted by Gasteiger charge is -2.12. The Morgan fingerprint density at radius 1 is 1.00 bits per heavy atom.